The fourth-order valence-corrected chi connectivity index (χ4v) is 1.02. The third kappa shape index (κ3) is 3.42. The van der Waals surface area contributed by atoms with Gasteiger partial charge in [0, 0.05) is 26.0 Å². The second kappa shape index (κ2) is 4.82. The molecular formula is C9H11ClN2O. The van der Waals surface area contributed by atoms with Crippen LogP contribution in [0.5, 0.6) is 0 Å². The molecule has 0 aliphatic rings. The van der Waals surface area contributed by atoms with Crippen molar-refractivity contribution < 1.29 is 4.79 Å². The number of amides is 1. The lowest BCUT2D eigenvalue weighted by Gasteiger charge is -2.12. The highest BCUT2D eigenvalue weighted by atomic mass is 35.5. The van der Waals surface area contributed by atoms with Crippen LogP contribution in [0.25, 0.3) is 0 Å². The van der Waals surface area contributed by atoms with E-state index in [1.54, 1.807) is 19.4 Å². The summed E-state index contributed by atoms with van der Waals surface area (Å²) < 4.78 is 0. The number of carbonyl (C=O) groups is 1. The highest BCUT2D eigenvalue weighted by molar-refractivity contribution is 6.62. The van der Waals surface area contributed by atoms with Gasteiger partial charge >= 0.3 is 5.37 Å². The third-order valence-electron chi connectivity index (χ3n) is 1.79. The van der Waals surface area contributed by atoms with Crippen molar-refractivity contribution >= 4 is 17.0 Å². The molecule has 13 heavy (non-hydrogen) atoms. The summed E-state index contributed by atoms with van der Waals surface area (Å²) in [5.41, 5.74) is 1.15. The smallest absolute Gasteiger partial charge is 0.316 e. The Labute approximate surface area is 82.3 Å². The molecule has 1 rings (SSSR count). The van der Waals surface area contributed by atoms with E-state index in [0.717, 1.165) is 12.0 Å². The van der Waals surface area contributed by atoms with Crippen LogP contribution in [0.2, 0.25) is 0 Å². The van der Waals surface area contributed by atoms with Gasteiger partial charge in [0.05, 0.1) is 0 Å². The van der Waals surface area contributed by atoms with E-state index in [-0.39, 0.29) is 0 Å². The van der Waals surface area contributed by atoms with Gasteiger partial charge in [-0.25, -0.2) is 0 Å². The summed E-state index contributed by atoms with van der Waals surface area (Å²) in [4.78, 5) is 16.0. The van der Waals surface area contributed by atoms with E-state index in [9.17, 15) is 4.79 Å². The van der Waals surface area contributed by atoms with Gasteiger partial charge in [-0.15, -0.1) is 0 Å². The number of nitrogens with zero attached hydrogens (tertiary/aromatic N) is 2. The standard InChI is InChI=1S/C9H11ClN2O/c1-12(9(10)13)7-4-8-2-5-11-6-3-8/h2-3,5-6H,4,7H2,1H3. The van der Waals surface area contributed by atoms with Crippen molar-refractivity contribution in [2.75, 3.05) is 13.6 Å². The number of pyridine rings is 1. The molecule has 4 heteroatoms. The number of halogens is 1. The van der Waals surface area contributed by atoms with E-state index in [1.165, 1.54) is 4.90 Å². The maximum absolute atomic E-state index is 10.6. The van der Waals surface area contributed by atoms with Gasteiger partial charge in [-0.2, -0.15) is 0 Å². The summed E-state index contributed by atoms with van der Waals surface area (Å²) in [5.74, 6) is 0. The van der Waals surface area contributed by atoms with Crippen molar-refractivity contribution in [2.24, 2.45) is 0 Å². The van der Waals surface area contributed by atoms with E-state index in [2.05, 4.69) is 4.98 Å². The number of hydrogen-bond acceptors (Lipinski definition) is 2. The van der Waals surface area contributed by atoms with Crippen LogP contribution in [0, 0.1) is 0 Å². The van der Waals surface area contributed by atoms with Crippen LogP contribution in [0.15, 0.2) is 24.5 Å². The summed E-state index contributed by atoms with van der Waals surface area (Å²) in [6.07, 6.45) is 4.27. The van der Waals surface area contributed by atoms with Gasteiger partial charge in [0.25, 0.3) is 0 Å². The molecule has 70 valence electrons. The van der Waals surface area contributed by atoms with Crippen LogP contribution in [-0.2, 0) is 6.42 Å². The van der Waals surface area contributed by atoms with Crippen molar-refractivity contribution in [3.63, 3.8) is 0 Å². The zero-order valence-corrected chi connectivity index (χ0v) is 8.16. The molecule has 1 heterocycles. The molecule has 0 radical (unpaired) electrons. The second-order valence-corrected chi connectivity index (χ2v) is 3.10. The molecule has 1 aromatic rings. The lowest BCUT2D eigenvalue weighted by Crippen LogP contribution is -2.23. The van der Waals surface area contributed by atoms with Crippen molar-refractivity contribution in [3.8, 4) is 0 Å². The van der Waals surface area contributed by atoms with Crippen molar-refractivity contribution in [3.05, 3.63) is 30.1 Å². The fourth-order valence-electron chi connectivity index (χ4n) is 0.934. The lowest BCUT2D eigenvalue weighted by atomic mass is 10.2. The Morgan fingerprint density at radius 1 is 1.54 bits per heavy atom. The van der Waals surface area contributed by atoms with E-state index >= 15 is 0 Å². The minimum absolute atomic E-state index is 0.422. The van der Waals surface area contributed by atoms with Crippen LogP contribution in [-0.4, -0.2) is 28.8 Å². The number of aromatic nitrogens is 1. The Morgan fingerprint density at radius 3 is 2.69 bits per heavy atom. The Hall–Kier alpha value is -1.09. The summed E-state index contributed by atoms with van der Waals surface area (Å²) in [5, 5.41) is -0.422. The zero-order chi connectivity index (χ0) is 9.68. The molecule has 0 unspecified atom stereocenters. The van der Waals surface area contributed by atoms with Crippen molar-refractivity contribution in [2.45, 2.75) is 6.42 Å². The molecule has 0 atom stereocenters. The first-order chi connectivity index (χ1) is 6.20. The van der Waals surface area contributed by atoms with Gasteiger partial charge in [-0.05, 0) is 35.7 Å². The number of likely N-dealkylation sites (N-methyl/N-ethyl adjacent to an activating group) is 1. The monoisotopic (exact) mass is 198 g/mol. The number of carbonyl (C=O) groups excluding carboxylic acids is 1. The summed E-state index contributed by atoms with van der Waals surface area (Å²) in [7, 11) is 1.68. The molecule has 0 saturated carbocycles. The Kier molecular flexibility index (Phi) is 3.71. The molecule has 0 fully saturated rings. The number of rotatable bonds is 3. The average molecular weight is 199 g/mol. The molecule has 1 amide bonds. The maximum atomic E-state index is 10.6. The van der Waals surface area contributed by atoms with Crippen molar-refractivity contribution in [1.82, 2.24) is 9.88 Å². The van der Waals surface area contributed by atoms with Gasteiger partial charge in [0.2, 0.25) is 0 Å². The summed E-state index contributed by atoms with van der Waals surface area (Å²) in [6, 6.07) is 3.85. The molecule has 0 aromatic carbocycles. The maximum Gasteiger partial charge on any atom is 0.316 e. The van der Waals surface area contributed by atoms with Crippen LogP contribution < -0.4 is 0 Å². The highest BCUT2D eigenvalue weighted by Gasteiger charge is 2.03. The molecule has 1 aromatic heterocycles. The van der Waals surface area contributed by atoms with Crippen LogP contribution >= 0.6 is 11.6 Å². The van der Waals surface area contributed by atoms with E-state index < -0.39 is 5.37 Å². The van der Waals surface area contributed by atoms with Gasteiger partial charge in [0.15, 0.2) is 0 Å². The first-order valence-electron chi connectivity index (χ1n) is 3.99. The van der Waals surface area contributed by atoms with Crippen LogP contribution in [0.1, 0.15) is 5.56 Å². The molecule has 0 aliphatic carbocycles. The van der Waals surface area contributed by atoms with E-state index in [0.29, 0.717) is 6.54 Å². The fraction of sp³-hybridized carbons (Fsp3) is 0.333. The minimum Gasteiger partial charge on any atom is -0.332 e. The molecule has 0 aliphatic heterocycles. The van der Waals surface area contributed by atoms with E-state index in [1.807, 2.05) is 12.1 Å². The minimum atomic E-state index is -0.422. The van der Waals surface area contributed by atoms with Gasteiger partial charge in [-0.1, -0.05) is 0 Å². The average Bonchev–Trinajstić information content (AvgIpc) is 2.15. The Balaban J connectivity index is 2.39. The number of hydrogen-bond donors (Lipinski definition) is 0. The predicted octanol–water partition coefficient (Wildman–Crippen LogP) is 1.91. The molecule has 0 bridgehead atoms. The Morgan fingerprint density at radius 2 is 2.15 bits per heavy atom. The molecule has 0 saturated heterocycles. The highest BCUT2D eigenvalue weighted by Crippen LogP contribution is 2.00. The molecular weight excluding hydrogens is 188 g/mol. The summed E-state index contributed by atoms with van der Waals surface area (Å²) in [6.45, 7) is 0.631. The normalized spacial score (nSPS) is 9.69. The predicted molar refractivity (Wildman–Crippen MR) is 51.8 cm³/mol. The zero-order valence-electron chi connectivity index (χ0n) is 7.40. The van der Waals surface area contributed by atoms with Crippen LogP contribution in [0.3, 0.4) is 0 Å². The van der Waals surface area contributed by atoms with Gasteiger partial charge < -0.3 is 4.90 Å². The van der Waals surface area contributed by atoms with Crippen molar-refractivity contribution in [1.29, 1.82) is 0 Å². The van der Waals surface area contributed by atoms with Crippen LogP contribution in [0.4, 0.5) is 4.79 Å². The SMILES string of the molecule is CN(CCc1ccncc1)C(=O)Cl. The molecule has 0 N–H and O–H groups in total. The third-order valence-corrected chi connectivity index (χ3v) is 2.07. The molecule has 0 spiro atoms. The quantitative estimate of drug-likeness (QED) is 0.549. The first kappa shape index (κ1) is 9.99. The largest absolute Gasteiger partial charge is 0.332 e. The lowest BCUT2D eigenvalue weighted by molar-refractivity contribution is 0.232. The summed E-state index contributed by atoms with van der Waals surface area (Å²) >= 11 is 5.27. The van der Waals surface area contributed by atoms with Gasteiger partial charge in [0.1, 0.15) is 0 Å². The first-order valence-corrected chi connectivity index (χ1v) is 4.37. The molecule has 3 nitrogen and oxygen atoms in total. The second-order valence-electron chi connectivity index (χ2n) is 2.78. The van der Waals surface area contributed by atoms with E-state index in [4.69, 9.17) is 11.6 Å². The Bertz CT molecular complexity index is 276. The van der Waals surface area contributed by atoms with Gasteiger partial charge in [-0.3, -0.25) is 9.78 Å². The topological polar surface area (TPSA) is 33.2 Å².